The summed E-state index contributed by atoms with van der Waals surface area (Å²) in [7, 11) is 1.59. The molecule has 2 saturated heterocycles. The van der Waals surface area contributed by atoms with Gasteiger partial charge in [-0.15, -0.1) is 0 Å². The predicted octanol–water partition coefficient (Wildman–Crippen LogP) is 4.39. The number of benzene rings is 3. The van der Waals surface area contributed by atoms with Crippen LogP contribution in [0.25, 0.3) is 22.4 Å². The Hall–Kier alpha value is -3.84. The van der Waals surface area contributed by atoms with Crippen LogP contribution in [-0.4, -0.2) is 56.7 Å². The fourth-order valence-corrected chi connectivity index (χ4v) is 5.39. The van der Waals surface area contributed by atoms with Gasteiger partial charge in [-0.05, 0) is 55.2 Å². The van der Waals surface area contributed by atoms with Gasteiger partial charge in [0.05, 0.1) is 24.2 Å². The number of imidazole rings is 1. The number of methoxy groups -OCH3 is 1. The van der Waals surface area contributed by atoms with Gasteiger partial charge in [0.1, 0.15) is 22.8 Å². The van der Waals surface area contributed by atoms with Gasteiger partial charge in [-0.2, -0.15) is 0 Å². The molecule has 7 nitrogen and oxygen atoms in total. The first kappa shape index (κ1) is 20.7. The average molecular weight is 455 g/mol. The second kappa shape index (κ2) is 8.18. The quantitative estimate of drug-likeness (QED) is 0.467. The molecule has 172 valence electrons. The van der Waals surface area contributed by atoms with E-state index in [1.807, 2.05) is 29.3 Å². The molecule has 6 rings (SSSR count). The van der Waals surface area contributed by atoms with E-state index >= 15 is 0 Å². The number of hydrogen-bond acceptors (Lipinski definition) is 5. The molecule has 0 aliphatic carbocycles. The van der Waals surface area contributed by atoms with Gasteiger partial charge in [0.15, 0.2) is 0 Å². The zero-order valence-corrected chi connectivity index (χ0v) is 18.9. The molecule has 0 saturated carbocycles. The van der Waals surface area contributed by atoms with E-state index < -0.39 is 0 Å². The van der Waals surface area contributed by atoms with Gasteiger partial charge in [-0.1, -0.05) is 36.4 Å². The molecule has 4 aromatic rings. The molecule has 3 unspecified atom stereocenters. The van der Waals surface area contributed by atoms with E-state index in [0.717, 1.165) is 36.9 Å². The van der Waals surface area contributed by atoms with Crippen LogP contribution in [0.1, 0.15) is 28.8 Å². The molecule has 3 heterocycles. The van der Waals surface area contributed by atoms with Crippen LogP contribution in [0.4, 0.5) is 0 Å². The summed E-state index contributed by atoms with van der Waals surface area (Å²) in [5.41, 5.74) is 3.88. The van der Waals surface area contributed by atoms with Crippen molar-refractivity contribution in [3.63, 3.8) is 0 Å². The second-order valence-corrected chi connectivity index (χ2v) is 9.01. The molecule has 2 N–H and O–H groups in total. The number of fused-ring (bicyclic) bond motifs is 3. The number of H-pyrrole nitrogens is 1. The van der Waals surface area contributed by atoms with Crippen LogP contribution in [0.3, 0.4) is 0 Å². The van der Waals surface area contributed by atoms with E-state index in [-0.39, 0.29) is 17.7 Å². The van der Waals surface area contributed by atoms with Gasteiger partial charge in [0, 0.05) is 18.2 Å². The lowest BCUT2D eigenvalue weighted by Crippen LogP contribution is -2.42. The lowest BCUT2D eigenvalue weighted by atomic mass is 9.97. The number of phenolic OH excluding ortho intramolecular Hbond substituents is 1. The number of aromatic amines is 1. The lowest BCUT2D eigenvalue weighted by molar-refractivity contribution is 0.0197. The molecule has 2 aliphatic heterocycles. The number of rotatable bonds is 5. The van der Waals surface area contributed by atoms with Crippen LogP contribution in [0.5, 0.6) is 11.5 Å². The van der Waals surface area contributed by atoms with Crippen molar-refractivity contribution >= 4 is 16.9 Å². The molecule has 7 heteroatoms. The SMILES string of the molecule is COc1cc(C(=O)N2C3CCN2C(Cc2ccccc2)C3)ccc1-c1nc2c(O)cccc2[nH]1. The number of nitrogens with zero attached hydrogens (tertiary/aromatic N) is 3. The molecule has 0 spiro atoms. The summed E-state index contributed by atoms with van der Waals surface area (Å²) >= 11 is 0. The maximum atomic E-state index is 13.6. The first-order valence-electron chi connectivity index (χ1n) is 11.6. The zero-order valence-electron chi connectivity index (χ0n) is 18.9. The Morgan fingerprint density at radius 1 is 1.15 bits per heavy atom. The highest BCUT2D eigenvalue weighted by molar-refractivity contribution is 5.96. The van der Waals surface area contributed by atoms with Gasteiger partial charge in [-0.25, -0.2) is 9.99 Å². The van der Waals surface area contributed by atoms with Gasteiger partial charge < -0.3 is 14.8 Å². The van der Waals surface area contributed by atoms with Crippen LogP contribution < -0.4 is 4.74 Å². The first-order chi connectivity index (χ1) is 16.6. The van der Waals surface area contributed by atoms with Crippen molar-refractivity contribution in [2.45, 2.75) is 31.3 Å². The summed E-state index contributed by atoms with van der Waals surface area (Å²) in [5, 5.41) is 14.3. The standard InChI is InChI=1S/C27H26N4O3/c1-34-24-15-18(10-11-21(24)26-28-22-8-5-9-23(32)25(22)29-26)27(33)31-19-12-13-30(31)20(16-19)14-17-6-3-2-4-7-17/h2-11,15,19-20,32H,12-14,16H2,1H3,(H,28,29). The third-order valence-electron chi connectivity index (χ3n) is 7.00. The Labute approximate surface area is 197 Å². The van der Waals surface area contributed by atoms with Gasteiger partial charge in [0.2, 0.25) is 0 Å². The molecular formula is C27H26N4O3. The number of aromatic nitrogens is 2. The van der Waals surface area contributed by atoms with Crippen LogP contribution in [0.15, 0.2) is 66.7 Å². The van der Waals surface area contributed by atoms with E-state index in [2.05, 4.69) is 39.2 Å². The van der Waals surface area contributed by atoms with E-state index in [0.29, 0.717) is 28.7 Å². The summed E-state index contributed by atoms with van der Waals surface area (Å²) in [4.78, 5) is 21.3. The predicted molar refractivity (Wildman–Crippen MR) is 130 cm³/mol. The van der Waals surface area contributed by atoms with Crippen molar-refractivity contribution in [2.24, 2.45) is 0 Å². The molecular weight excluding hydrogens is 428 g/mol. The number of amides is 1. The summed E-state index contributed by atoms with van der Waals surface area (Å²) < 4.78 is 5.64. The number of carbonyl (C=O) groups excluding carboxylic acids is 1. The normalized spacial score (nSPS) is 21.3. The minimum absolute atomic E-state index is 0.00478. The smallest absolute Gasteiger partial charge is 0.268 e. The Morgan fingerprint density at radius 2 is 2.00 bits per heavy atom. The Bertz CT molecular complexity index is 1370. The fraction of sp³-hybridized carbons (Fsp3) is 0.259. The van der Waals surface area contributed by atoms with Crippen molar-refractivity contribution in [3.05, 3.63) is 77.9 Å². The summed E-state index contributed by atoms with van der Waals surface area (Å²) in [6, 6.07) is 21.8. The highest BCUT2D eigenvalue weighted by atomic mass is 16.5. The molecule has 3 aromatic carbocycles. The number of aromatic hydroxyl groups is 1. The number of ether oxygens (including phenoxy) is 1. The molecule has 2 fully saturated rings. The van der Waals surface area contributed by atoms with Gasteiger partial charge in [0.25, 0.3) is 5.91 Å². The van der Waals surface area contributed by atoms with Crippen molar-refractivity contribution in [3.8, 4) is 22.9 Å². The number of nitrogens with one attached hydrogen (secondary N) is 1. The highest BCUT2D eigenvalue weighted by Gasteiger charge is 2.47. The number of hydrazine groups is 1. The monoisotopic (exact) mass is 454 g/mol. The third-order valence-corrected chi connectivity index (χ3v) is 7.00. The van der Waals surface area contributed by atoms with E-state index in [4.69, 9.17) is 4.74 Å². The minimum atomic E-state index is 0.00478. The summed E-state index contributed by atoms with van der Waals surface area (Å²) in [6.45, 7) is 0.908. The minimum Gasteiger partial charge on any atom is -0.506 e. The van der Waals surface area contributed by atoms with Crippen LogP contribution >= 0.6 is 0 Å². The van der Waals surface area contributed by atoms with E-state index in [9.17, 15) is 9.90 Å². The average Bonchev–Trinajstić information content (AvgIpc) is 3.57. The van der Waals surface area contributed by atoms with Gasteiger partial charge >= 0.3 is 0 Å². The maximum absolute atomic E-state index is 13.6. The lowest BCUT2D eigenvalue weighted by Gasteiger charge is -2.28. The van der Waals surface area contributed by atoms with Crippen LogP contribution in [0.2, 0.25) is 0 Å². The number of carbonyl (C=O) groups is 1. The fourth-order valence-electron chi connectivity index (χ4n) is 5.39. The molecule has 2 aliphatic rings. The Kier molecular flexibility index (Phi) is 4.99. The Balaban J connectivity index is 1.27. The number of phenols is 1. The van der Waals surface area contributed by atoms with Crippen LogP contribution in [0, 0.1) is 0 Å². The molecule has 3 atom stereocenters. The van der Waals surface area contributed by atoms with Gasteiger partial charge in [-0.3, -0.25) is 9.80 Å². The van der Waals surface area contributed by atoms with E-state index in [1.54, 1.807) is 25.3 Å². The molecule has 0 radical (unpaired) electrons. The number of hydrogen-bond donors (Lipinski definition) is 2. The van der Waals surface area contributed by atoms with Crippen molar-refractivity contribution in [1.29, 1.82) is 0 Å². The molecule has 2 bridgehead atoms. The number of piperidine rings is 1. The molecule has 1 amide bonds. The highest BCUT2D eigenvalue weighted by Crippen LogP contribution is 2.38. The van der Waals surface area contributed by atoms with E-state index in [1.165, 1.54) is 5.56 Å². The first-order valence-corrected chi connectivity index (χ1v) is 11.6. The third kappa shape index (κ3) is 3.40. The molecule has 34 heavy (non-hydrogen) atoms. The molecule has 1 aromatic heterocycles. The van der Waals surface area contributed by atoms with Crippen molar-refractivity contribution < 1.29 is 14.6 Å². The van der Waals surface area contributed by atoms with Crippen molar-refractivity contribution in [1.82, 2.24) is 20.0 Å². The maximum Gasteiger partial charge on any atom is 0.268 e. The largest absolute Gasteiger partial charge is 0.506 e. The zero-order chi connectivity index (χ0) is 23.2. The second-order valence-electron chi connectivity index (χ2n) is 9.01. The number of para-hydroxylation sites is 1. The summed E-state index contributed by atoms with van der Waals surface area (Å²) in [5.74, 6) is 1.27. The topological polar surface area (TPSA) is 81.7 Å². The van der Waals surface area contributed by atoms with Crippen LogP contribution in [-0.2, 0) is 6.42 Å². The summed E-state index contributed by atoms with van der Waals surface area (Å²) in [6.07, 6.45) is 2.95. The van der Waals surface area contributed by atoms with Crippen molar-refractivity contribution in [2.75, 3.05) is 13.7 Å². The Morgan fingerprint density at radius 3 is 2.79 bits per heavy atom.